The van der Waals surface area contributed by atoms with Crippen molar-refractivity contribution in [3.8, 4) is 11.5 Å². The van der Waals surface area contributed by atoms with Crippen molar-refractivity contribution in [3.63, 3.8) is 0 Å². The van der Waals surface area contributed by atoms with Gasteiger partial charge >= 0.3 is 0 Å². The van der Waals surface area contributed by atoms with Crippen molar-refractivity contribution in [2.45, 2.75) is 6.92 Å². The molecule has 1 saturated heterocycles. The van der Waals surface area contributed by atoms with E-state index < -0.39 is 5.91 Å². The normalized spacial score (nSPS) is 15.1. The summed E-state index contributed by atoms with van der Waals surface area (Å²) in [6.07, 6.45) is 1.69. The van der Waals surface area contributed by atoms with E-state index in [-0.39, 0.29) is 10.2 Å². The van der Waals surface area contributed by atoms with Crippen LogP contribution >= 0.6 is 24.0 Å². The molecular weight excluding hydrogens is 396 g/mol. The molecule has 1 heterocycles. The highest BCUT2D eigenvalue weighted by Gasteiger charge is 2.33. The Morgan fingerprint density at radius 3 is 2.43 bits per heavy atom. The fourth-order valence-electron chi connectivity index (χ4n) is 2.53. The highest BCUT2D eigenvalue weighted by Crippen LogP contribution is 2.34. The molecule has 0 bridgehead atoms. The molecule has 2 aromatic carbocycles. The van der Waals surface area contributed by atoms with Crippen LogP contribution in [0.5, 0.6) is 11.5 Å². The van der Waals surface area contributed by atoms with Crippen LogP contribution in [-0.4, -0.2) is 35.4 Å². The fourth-order valence-corrected chi connectivity index (χ4v) is 3.71. The van der Waals surface area contributed by atoms with Crippen LogP contribution in [0.15, 0.2) is 47.4 Å². The van der Waals surface area contributed by atoms with Gasteiger partial charge in [-0.1, -0.05) is 35.5 Å². The summed E-state index contributed by atoms with van der Waals surface area (Å²) in [5.41, 5.74) is 4.81. The van der Waals surface area contributed by atoms with Gasteiger partial charge in [0.05, 0.1) is 19.1 Å². The minimum absolute atomic E-state index is 0.261. The van der Waals surface area contributed by atoms with Gasteiger partial charge in [0.2, 0.25) is 0 Å². The number of benzene rings is 2. The van der Waals surface area contributed by atoms with Gasteiger partial charge in [-0.25, -0.2) is 0 Å². The lowest BCUT2D eigenvalue weighted by atomic mass is 10.1. The van der Waals surface area contributed by atoms with E-state index in [0.717, 1.165) is 27.9 Å². The highest BCUT2D eigenvalue weighted by molar-refractivity contribution is 8.26. The number of nitrogens with zero attached hydrogens (tertiary/aromatic N) is 1. The van der Waals surface area contributed by atoms with Crippen LogP contribution in [0.4, 0.5) is 0 Å². The van der Waals surface area contributed by atoms with Gasteiger partial charge in [0.15, 0.2) is 15.8 Å². The number of aryl methyl sites for hydroxylation is 1. The van der Waals surface area contributed by atoms with Crippen LogP contribution in [0.1, 0.15) is 21.5 Å². The number of ether oxygens (including phenoxy) is 2. The molecule has 0 spiro atoms. The number of hydrogen-bond acceptors (Lipinski definition) is 6. The Labute approximate surface area is 172 Å². The maximum absolute atomic E-state index is 12.7. The largest absolute Gasteiger partial charge is 0.493 e. The van der Waals surface area contributed by atoms with Crippen LogP contribution in [0.25, 0.3) is 6.08 Å². The Morgan fingerprint density at radius 2 is 1.79 bits per heavy atom. The molecule has 1 aliphatic rings. The van der Waals surface area contributed by atoms with Crippen LogP contribution < -0.4 is 14.9 Å². The molecule has 1 N–H and O–H groups in total. The Bertz CT molecular complexity index is 971. The first-order chi connectivity index (χ1) is 13.4. The molecule has 2 amide bonds. The molecule has 6 nitrogen and oxygen atoms in total. The molecule has 28 heavy (non-hydrogen) atoms. The summed E-state index contributed by atoms with van der Waals surface area (Å²) in [7, 11) is 3.10. The van der Waals surface area contributed by atoms with E-state index in [2.05, 4.69) is 5.43 Å². The zero-order valence-corrected chi connectivity index (χ0v) is 17.1. The molecule has 0 unspecified atom stereocenters. The Balaban J connectivity index is 1.78. The number of nitrogens with one attached hydrogen (secondary N) is 1. The average molecular weight is 415 g/mol. The van der Waals surface area contributed by atoms with Gasteiger partial charge in [0.1, 0.15) is 0 Å². The van der Waals surface area contributed by atoms with Crippen molar-refractivity contribution in [3.05, 3.63) is 64.1 Å². The first-order valence-electron chi connectivity index (χ1n) is 8.30. The third-order valence-corrected chi connectivity index (χ3v) is 5.33. The third kappa shape index (κ3) is 4.18. The van der Waals surface area contributed by atoms with E-state index in [1.165, 1.54) is 0 Å². The Kier molecular flexibility index (Phi) is 6.01. The molecule has 1 fully saturated rings. The number of methoxy groups -OCH3 is 2. The van der Waals surface area contributed by atoms with Gasteiger partial charge in [-0.15, -0.1) is 0 Å². The van der Waals surface area contributed by atoms with Gasteiger partial charge in [0.25, 0.3) is 11.8 Å². The second-order valence-electron chi connectivity index (χ2n) is 5.94. The van der Waals surface area contributed by atoms with E-state index in [1.807, 2.05) is 19.1 Å². The summed E-state index contributed by atoms with van der Waals surface area (Å²) >= 11 is 6.38. The molecule has 144 valence electrons. The van der Waals surface area contributed by atoms with E-state index in [0.29, 0.717) is 22.0 Å². The van der Waals surface area contributed by atoms with Crippen LogP contribution in [-0.2, 0) is 4.79 Å². The molecule has 8 heteroatoms. The van der Waals surface area contributed by atoms with E-state index in [4.69, 9.17) is 21.7 Å². The standard InChI is InChI=1S/C20H18N2O4S2/c1-12-4-7-14(8-5-12)18(23)21-22-19(24)17(28-20(22)27)11-13-6-9-15(25-2)16(10-13)26-3/h4-11H,1-3H3,(H,21,23)/b17-11-. The fraction of sp³-hybridized carbons (Fsp3) is 0.150. The summed E-state index contributed by atoms with van der Waals surface area (Å²) in [4.78, 5) is 25.5. The van der Waals surface area contributed by atoms with Crippen molar-refractivity contribution in [1.82, 2.24) is 10.4 Å². The maximum atomic E-state index is 12.7. The molecule has 0 aliphatic carbocycles. The second-order valence-corrected chi connectivity index (χ2v) is 7.61. The SMILES string of the molecule is COc1ccc(/C=C2\SC(=S)N(NC(=O)c3ccc(C)cc3)C2=O)cc1OC. The third-order valence-electron chi connectivity index (χ3n) is 4.03. The van der Waals surface area contributed by atoms with Gasteiger partial charge < -0.3 is 9.47 Å². The van der Waals surface area contributed by atoms with Gasteiger partial charge in [-0.05, 0) is 55.0 Å². The predicted octanol–water partition coefficient (Wildman–Crippen LogP) is 3.56. The minimum Gasteiger partial charge on any atom is -0.493 e. The zero-order valence-electron chi connectivity index (χ0n) is 15.5. The molecular formula is C20H18N2O4S2. The van der Waals surface area contributed by atoms with Crippen molar-refractivity contribution < 1.29 is 19.1 Å². The van der Waals surface area contributed by atoms with Gasteiger partial charge in [-0.2, -0.15) is 5.01 Å². The lowest BCUT2D eigenvalue weighted by molar-refractivity contribution is -0.123. The quantitative estimate of drug-likeness (QED) is 0.596. The number of thioether (sulfide) groups is 1. The number of rotatable bonds is 5. The van der Waals surface area contributed by atoms with Gasteiger partial charge in [-0.3, -0.25) is 15.0 Å². The molecule has 1 aliphatic heterocycles. The lowest BCUT2D eigenvalue weighted by Gasteiger charge is -2.15. The van der Waals surface area contributed by atoms with Crippen molar-refractivity contribution in [2.75, 3.05) is 14.2 Å². The van der Waals surface area contributed by atoms with E-state index in [9.17, 15) is 9.59 Å². The van der Waals surface area contributed by atoms with E-state index >= 15 is 0 Å². The first kappa shape index (κ1) is 19.9. The van der Waals surface area contributed by atoms with Crippen LogP contribution in [0.3, 0.4) is 0 Å². The minimum atomic E-state index is -0.399. The summed E-state index contributed by atoms with van der Waals surface area (Å²) in [6, 6.07) is 12.4. The predicted molar refractivity (Wildman–Crippen MR) is 113 cm³/mol. The molecule has 0 saturated carbocycles. The highest BCUT2D eigenvalue weighted by atomic mass is 32.2. The van der Waals surface area contributed by atoms with Crippen molar-refractivity contribution >= 4 is 46.2 Å². The summed E-state index contributed by atoms with van der Waals surface area (Å²) in [5, 5.41) is 1.09. The number of hydrazine groups is 1. The van der Waals surface area contributed by atoms with E-state index in [1.54, 1.807) is 50.6 Å². The first-order valence-corrected chi connectivity index (χ1v) is 9.53. The number of carbonyl (C=O) groups is 2. The number of hydrogen-bond donors (Lipinski definition) is 1. The van der Waals surface area contributed by atoms with Crippen molar-refractivity contribution in [2.24, 2.45) is 0 Å². The maximum Gasteiger partial charge on any atom is 0.285 e. The second kappa shape index (κ2) is 8.45. The molecule has 0 atom stereocenters. The number of amides is 2. The monoisotopic (exact) mass is 414 g/mol. The van der Waals surface area contributed by atoms with Crippen LogP contribution in [0.2, 0.25) is 0 Å². The summed E-state index contributed by atoms with van der Waals surface area (Å²) in [5.74, 6) is 0.367. The Hall–Kier alpha value is -2.84. The molecule has 3 rings (SSSR count). The zero-order chi connectivity index (χ0) is 20.3. The average Bonchev–Trinajstić information content (AvgIpc) is 2.95. The topological polar surface area (TPSA) is 67.9 Å². The molecule has 2 aromatic rings. The summed E-state index contributed by atoms with van der Waals surface area (Å²) < 4.78 is 10.8. The molecule has 0 radical (unpaired) electrons. The number of carbonyl (C=O) groups excluding carboxylic acids is 2. The van der Waals surface area contributed by atoms with Crippen LogP contribution in [0, 0.1) is 6.92 Å². The lowest BCUT2D eigenvalue weighted by Crippen LogP contribution is -2.44. The smallest absolute Gasteiger partial charge is 0.285 e. The van der Waals surface area contributed by atoms with Gasteiger partial charge in [0, 0.05) is 5.56 Å². The number of thiocarbonyl (C=S) groups is 1. The molecule has 0 aromatic heterocycles. The summed E-state index contributed by atoms with van der Waals surface area (Å²) in [6.45, 7) is 1.93. The Morgan fingerprint density at radius 1 is 1.11 bits per heavy atom. The van der Waals surface area contributed by atoms with Crippen molar-refractivity contribution in [1.29, 1.82) is 0 Å².